The van der Waals surface area contributed by atoms with Crippen LogP contribution in [0.5, 0.6) is 11.5 Å². The molecular formula is C21H17Cl3N2O4. The first-order valence-electron chi connectivity index (χ1n) is 8.45. The van der Waals surface area contributed by atoms with Crippen LogP contribution in [0.2, 0.25) is 10.3 Å². The summed E-state index contributed by atoms with van der Waals surface area (Å²) in [4.78, 5) is 26.4. The zero-order valence-corrected chi connectivity index (χ0v) is 18.3. The van der Waals surface area contributed by atoms with Crippen LogP contribution in [0.1, 0.15) is 20.7 Å². The molecular weight excluding hydrogens is 451 g/mol. The van der Waals surface area contributed by atoms with Crippen LogP contribution in [0.15, 0.2) is 60.7 Å². The van der Waals surface area contributed by atoms with E-state index in [0.29, 0.717) is 28.3 Å². The van der Waals surface area contributed by atoms with E-state index in [1.54, 1.807) is 74.9 Å². The fourth-order valence-corrected chi connectivity index (χ4v) is 2.68. The number of hydrogen-bond acceptors (Lipinski definition) is 5. The summed E-state index contributed by atoms with van der Waals surface area (Å²) in [6.45, 7) is 0. The average molecular weight is 468 g/mol. The summed E-state index contributed by atoms with van der Waals surface area (Å²) in [5, 5.41) is 2.63. The van der Waals surface area contributed by atoms with Crippen LogP contribution in [0.25, 0.3) is 0 Å². The van der Waals surface area contributed by atoms with Crippen LogP contribution >= 0.6 is 34.8 Å². The lowest BCUT2D eigenvalue weighted by Gasteiger charge is -2.07. The fourth-order valence-electron chi connectivity index (χ4n) is 2.16. The lowest BCUT2D eigenvalue weighted by atomic mass is 10.2. The molecule has 2 aromatic carbocycles. The highest BCUT2D eigenvalue weighted by molar-refractivity contribution is 6.67. The molecule has 0 radical (unpaired) electrons. The second-order valence-corrected chi connectivity index (χ2v) is 6.75. The summed E-state index contributed by atoms with van der Waals surface area (Å²) in [5.74, 6) is 1.11. The summed E-state index contributed by atoms with van der Waals surface area (Å²) in [5.41, 5.74) is 1.38. The number of benzene rings is 2. The van der Waals surface area contributed by atoms with E-state index >= 15 is 0 Å². The number of nitrogens with zero attached hydrogens (tertiary/aromatic N) is 1. The second kappa shape index (κ2) is 11.4. The number of carbonyl (C=O) groups excluding carboxylic acids is 2. The molecule has 0 aliphatic carbocycles. The lowest BCUT2D eigenvalue weighted by Crippen LogP contribution is -2.12. The number of methoxy groups -OCH3 is 2. The minimum atomic E-state index is -0.451. The third kappa shape index (κ3) is 6.91. The van der Waals surface area contributed by atoms with E-state index in [2.05, 4.69) is 10.3 Å². The largest absolute Gasteiger partial charge is 0.497 e. The van der Waals surface area contributed by atoms with Crippen LogP contribution in [-0.2, 0) is 0 Å². The van der Waals surface area contributed by atoms with Crippen molar-refractivity contribution in [1.29, 1.82) is 0 Å². The van der Waals surface area contributed by atoms with Gasteiger partial charge in [-0.05, 0) is 72.3 Å². The van der Waals surface area contributed by atoms with Gasteiger partial charge in [0, 0.05) is 11.1 Å². The Morgan fingerprint density at radius 3 is 1.73 bits per heavy atom. The van der Waals surface area contributed by atoms with Gasteiger partial charge in [-0.3, -0.25) is 9.59 Å². The predicted octanol–water partition coefficient (Wildman–Crippen LogP) is 5.72. The van der Waals surface area contributed by atoms with Gasteiger partial charge in [0.1, 0.15) is 16.7 Å². The fraction of sp³-hybridized carbons (Fsp3) is 0.0952. The summed E-state index contributed by atoms with van der Waals surface area (Å²) >= 11 is 16.8. The zero-order chi connectivity index (χ0) is 22.1. The molecule has 6 nitrogen and oxygen atoms in total. The van der Waals surface area contributed by atoms with Crippen LogP contribution in [0.3, 0.4) is 0 Å². The Morgan fingerprint density at radius 2 is 1.30 bits per heavy atom. The first-order chi connectivity index (χ1) is 14.3. The highest BCUT2D eigenvalue weighted by Gasteiger charge is 2.09. The van der Waals surface area contributed by atoms with Gasteiger partial charge in [-0.15, -0.1) is 0 Å². The summed E-state index contributed by atoms with van der Waals surface area (Å²) in [6, 6.07) is 16.5. The van der Waals surface area contributed by atoms with Gasteiger partial charge in [0.15, 0.2) is 5.15 Å². The van der Waals surface area contributed by atoms with Crippen molar-refractivity contribution < 1.29 is 19.1 Å². The van der Waals surface area contributed by atoms with Crippen molar-refractivity contribution in [3.63, 3.8) is 0 Å². The minimum absolute atomic E-state index is 0.148. The first kappa shape index (κ1) is 23.5. The van der Waals surface area contributed by atoms with Gasteiger partial charge in [0.25, 0.3) is 11.1 Å². The molecule has 0 aliphatic heterocycles. The molecule has 0 bridgehead atoms. The van der Waals surface area contributed by atoms with E-state index < -0.39 is 5.24 Å². The molecule has 0 saturated heterocycles. The van der Waals surface area contributed by atoms with Crippen LogP contribution < -0.4 is 14.8 Å². The first-order valence-corrected chi connectivity index (χ1v) is 9.58. The summed E-state index contributed by atoms with van der Waals surface area (Å²) < 4.78 is 9.92. The SMILES string of the molecule is COc1ccc(C(=O)Cl)cc1.COc1ccc(C(=O)Nc2ccc(Cl)nc2Cl)cc1. The highest BCUT2D eigenvalue weighted by atomic mass is 35.5. The Labute approximate surface area is 188 Å². The Morgan fingerprint density at radius 1 is 0.800 bits per heavy atom. The molecule has 0 atom stereocenters. The van der Waals surface area contributed by atoms with E-state index in [4.69, 9.17) is 44.3 Å². The van der Waals surface area contributed by atoms with Crippen LogP contribution in [0, 0.1) is 0 Å². The van der Waals surface area contributed by atoms with Crippen molar-refractivity contribution >= 4 is 51.6 Å². The quantitative estimate of drug-likeness (QED) is 0.383. The number of aromatic nitrogens is 1. The van der Waals surface area contributed by atoms with Crippen molar-refractivity contribution in [2.75, 3.05) is 19.5 Å². The van der Waals surface area contributed by atoms with Gasteiger partial charge in [-0.2, -0.15) is 0 Å². The molecule has 0 spiro atoms. The maximum atomic E-state index is 12.0. The van der Waals surface area contributed by atoms with Crippen molar-refractivity contribution in [3.05, 3.63) is 82.1 Å². The molecule has 3 aromatic rings. The molecule has 0 unspecified atom stereocenters. The smallest absolute Gasteiger partial charge is 0.255 e. The van der Waals surface area contributed by atoms with E-state index in [9.17, 15) is 9.59 Å². The molecule has 1 aromatic heterocycles. The molecule has 0 fully saturated rings. The third-order valence-corrected chi connectivity index (χ3v) is 4.45. The van der Waals surface area contributed by atoms with Gasteiger partial charge in [-0.25, -0.2) is 4.98 Å². The molecule has 156 valence electrons. The number of rotatable bonds is 5. The Bertz CT molecular complexity index is 1010. The zero-order valence-electron chi connectivity index (χ0n) is 16.0. The third-order valence-electron chi connectivity index (χ3n) is 3.73. The summed E-state index contributed by atoms with van der Waals surface area (Å²) in [6.07, 6.45) is 0. The maximum absolute atomic E-state index is 12.0. The number of nitrogens with one attached hydrogen (secondary N) is 1. The Kier molecular flexibility index (Phi) is 8.92. The number of pyridine rings is 1. The predicted molar refractivity (Wildman–Crippen MR) is 118 cm³/mol. The average Bonchev–Trinajstić information content (AvgIpc) is 2.76. The number of hydrogen-bond donors (Lipinski definition) is 1. The normalized spacial score (nSPS) is 9.77. The van der Waals surface area contributed by atoms with Crippen molar-refractivity contribution in [2.45, 2.75) is 0 Å². The van der Waals surface area contributed by atoms with Gasteiger partial charge in [0.05, 0.1) is 19.9 Å². The van der Waals surface area contributed by atoms with Gasteiger partial charge in [0.2, 0.25) is 0 Å². The topological polar surface area (TPSA) is 77.5 Å². The Balaban J connectivity index is 0.000000248. The molecule has 1 amide bonds. The molecule has 30 heavy (non-hydrogen) atoms. The Hall–Kier alpha value is -2.80. The van der Waals surface area contributed by atoms with E-state index in [1.807, 2.05) is 0 Å². The monoisotopic (exact) mass is 466 g/mol. The van der Waals surface area contributed by atoms with Crippen molar-refractivity contribution in [2.24, 2.45) is 0 Å². The maximum Gasteiger partial charge on any atom is 0.255 e. The standard InChI is InChI=1S/C13H10Cl2N2O2.C8H7ClO2/c1-19-9-4-2-8(3-5-9)13(18)16-10-6-7-11(14)17-12(10)15;1-11-7-4-2-6(3-5-7)8(9)10/h2-7H,1H3,(H,16,18);2-5H,1H3. The molecule has 1 heterocycles. The number of halogens is 3. The van der Waals surface area contributed by atoms with Crippen molar-refractivity contribution in [1.82, 2.24) is 4.98 Å². The van der Waals surface area contributed by atoms with Gasteiger partial charge < -0.3 is 14.8 Å². The van der Waals surface area contributed by atoms with Crippen LogP contribution in [0.4, 0.5) is 5.69 Å². The highest BCUT2D eigenvalue weighted by Crippen LogP contribution is 2.22. The number of carbonyl (C=O) groups is 2. The minimum Gasteiger partial charge on any atom is -0.497 e. The molecule has 9 heteroatoms. The molecule has 0 saturated carbocycles. The van der Waals surface area contributed by atoms with E-state index in [0.717, 1.165) is 0 Å². The number of anilines is 1. The second-order valence-electron chi connectivity index (χ2n) is 5.66. The lowest BCUT2D eigenvalue weighted by molar-refractivity contribution is 0.102. The van der Waals surface area contributed by atoms with Crippen molar-refractivity contribution in [3.8, 4) is 11.5 Å². The molecule has 1 N–H and O–H groups in total. The number of amides is 1. The molecule has 3 rings (SSSR count). The van der Waals surface area contributed by atoms with E-state index in [-0.39, 0.29) is 16.2 Å². The van der Waals surface area contributed by atoms with E-state index in [1.165, 1.54) is 0 Å². The van der Waals surface area contributed by atoms with Gasteiger partial charge in [-0.1, -0.05) is 23.2 Å². The van der Waals surface area contributed by atoms with Gasteiger partial charge >= 0.3 is 0 Å². The molecule has 0 aliphatic rings. The summed E-state index contributed by atoms with van der Waals surface area (Å²) in [7, 11) is 3.13. The number of ether oxygens (including phenoxy) is 2. The van der Waals surface area contributed by atoms with Crippen LogP contribution in [-0.4, -0.2) is 30.4 Å².